The fraction of sp³-hybridized carbons (Fsp3) is 0.500. The van der Waals surface area contributed by atoms with Crippen LogP contribution in [0.15, 0.2) is 18.2 Å². The Hall–Kier alpha value is 0.665. The van der Waals surface area contributed by atoms with Gasteiger partial charge < -0.3 is 9.31 Å². The molecule has 17 heavy (non-hydrogen) atoms. The van der Waals surface area contributed by atoms with Crippen molar-refractivity contribution in [1.82, 2.24) is 0 Å². The van der Waals surface area contributed by atoms with E-state index in [0.29, 0.717) is 0 Å². The minimum Gasteiger partial charge on any atom is -0.399 e. The fourth-order valence-corrected chi connectivity index (χ4v) is 3.68. The molecule has 1 aromatic rings. The zero-order chi connectivity index (χ0) is 12.8. The highest BCUT2D eigenvalue weighted by Gasteiger charge is 2.51. The van der Waals surface area contributed by atoms with Crippen molar-refractivity contribution in [3.05, 3.63) is 25.3 Å². The van der Waals surface area contributed by atoms with Gasteiger partial charge in [0.25, 0.3) is 0 Å². The average molecular weight is 456 g/mol. The molecule has 2 nitrogen and oxygen atoms in total. The molecule has 2 rings (SSSR count). The molecule has 1 aliphatic heterocycles. The molecule has 5 heteroatoms. The van der Waals surface area contributed by atoms with Crippen LogP contribution >= 0.6 is 45.2 Å². The van der Waals surface area contributed by atoms with Crippen molar-refractivity contribution >= 4 is 57.8 Å². The Labute approximate surface area is 130 Å². The second kappa shape index (κ2) is 4.65. The van der Waals surface area contributed by atoms with Crippen molar-refractivity contribution in [2.75, 3.05) is 0 Å². The summed E-state index contributed by atoms with van der Waals surface area (Å²) in [6.07, 6.45) is 0. The van der Waals surface area contributed by atoms with Crippen molar-refractivity contribution < 1.29 is 9.31 Å². The summed E-state index contributed by atoms with van der Waals surface area (Å²) in [5, 5.41) is 0. The Morgan fingerprint density at radius 2 is 1.29 bits per heavy atom. The first-order valence-corrected chi connectivity index (χ1v) is 7.69. The van der Waals surface area contributed by atoms with E-state index in [1.165, 1.54) is 7.14 Å². The highest BCUT2D eigenvalue weighted by Crippen LogP contribution is 2.36. The first-order valence-electron chi connectivity index (χ1n) is 5.53. The van der Waals surface area contributed by atoms with E-state index in [1.807, 2.05) is 0 Å². The van der Waals surface area contributed by atoms with Gasteiger partial charge in [0, 0.05) is 7.14 Å². The Morgan fingerprint density at radius 3 is 1.71 bits per heavy atom. The third-order valence-corrected chi connectivity index (χ3v) is 4.66. The van der Waals surface area contributed by atoms with Crippen LogP contribution in [0, 0.1) is 7.14 Å². The molecule has 0 aromatic heterocycles. The van der Waals surface area contributed by atoms with Crippen LogP contribution < -0.4 is 5.46 Å². The smallest absolute Gasteiger partial charge is 0.399 e. The van der Waals surface area contributed by atoms with Crippen LogP contribution in [0.25, 0.3) is 0 Å². The van der Waals surface area contributed by atoms with Crippen LogP contribution in [0.1, 0.15) is 27.7 Å². The van der Waals surface area contributed by atoms with Gasteiger partial charge in [0.15, 0.2) is 0 Å². The van der Waals surface area contributed by atoms with E-state index in [-0.39, 0.29) is 18.3 Å². The second-order valence-electron chi connectivity index (χ2n) is 5.29. The summed E-state index contributed by atoms with van der Waals surface area (Å²) in [5.74, 6) is 0. The summed E-state index contributed by atoms with van der Waals surface area (Å²) in [6, 6.07) is 6.37. The largest absolute Gasteiger partial charge is 0.494 e. The van der Waals surface area contributed by atoms with E-state index in [0.717, 1.165) is 5.46 Å². The summed E-state index contributed by atoms with van der Waals surface area (Å²) in [4.78, 5) is 0. The van der Waals surface area contributed by atoms with Crippen LogP contribution in [-0.4, -0.2) is 18.3 Å². The lowest BCUT2D eigenvalue weighted by Gasteiger charge is -2.32. The van der Waals surface area contributed by atoms with Crippen molar-refractivity contribution in [2.24, 2.45) is 0 Å². The van der Waals surface area contributed by atoms with Gasteiger partial charge in [-0.1, -0.05) is 0 Å². The summed E-state index contributed by atoms with van der Waals surface area (Å²) in [6.45, 7) is 8.30. The Morgan fingerprint density at radius 1 is 0.882 bits per heavy atom. The molecule has 1 heterocycles. The lowest BCUT2D eigenvalue weighted by Crippen LogP contribution is -2.41. The highest BCUT2D eigenvalue weighted by molar-refractivity contribution is 14.1. The van der Waals surface area contributed by atoms with Crippen molar-refractivity contribution in [1.29, 1.82) is 0 Å². The molecule has 1 saturated heterocycles. The van der Waals surface area contributed by atoms with Gasteiger partial charge in [-0.15, -0.1) is 0 Å². The normalized spacial score (nSPS) is 21.9. The van der Waals surface area contributed by atoms with Crippen molar-refractivity contribution in [2.45, 2.75) is 38.9 Å². The summed E-state index contributed by atoms with van der Waals surface area (Å²) >= 11 is 4.64. The molecule has 0 spiro atoms. The molecule has 0 amide bonds. The Bertz CT molecular complexity index is 410. The van der Waals surface area contributed by atoms with Crippen molar-refractivity contribution in [3.63, 3.8) is 0 Å². The zero-order valence-electron chi connectivity index (χ0n) is 10.4. The van der Waals surface area contributed by atoms with E-state index in [9.17, 15) is 0 Å². The third-order valence-electron chi connectivity index (χ3n) is 3.41. The monoisotopic (exact) mass is 456 g/mol. The van der Waals surface area contributed by atoms with E-state index >= 15 is 0 Å². The SMILES string of the molecule is CC1(C)OB(c2cc(I)cc(I)c2)OC1(C)C. The molecule has 0 bridgehead atoms. The number of halogens is 2. The maximum Gasteiger partial charge on any atom is 0.494 e. The molecule has 0 N–H and O–H groups in total. The number of rotatable bonds is 1. The molecule has 0 radical (unpaired) electrons. The predicted molar refractivity (Wildman–Crippen MR) is 87.6 cm³/mol. The van der Waals surface area contributed by atoms with Crippen LogP contribution in [0.4, 0.5) is 0 Å². The quantitative estimate of drug-likeness (QED) is 0.478. The van der Waals surface area contributed by atoms with Gasteiger partial charge in [-0.05, 0) is 96.5 Å². The fourth-order valence-electron chi connectivity index (χ4n) is 1.69. The number of benzene rings is 1. The average Bonchev–Trinajstić information content (AvgIpc) is 2.34. The van der Waals surface area contributed by atoms with E-state index < -0.39 is 0 Å². The summed E-state index contributed by atoms with van der Waals surface area (Å²) < 4.78 is 14.5. The van der Waals surface area contributed by atoms with Gasteiger partial charge in [0.2, 0.25) is 0 Å². The van der Waals surface area contributed by atoms with Crippen LogP contribution in [0.5, 0.6) is 0 Å². The standard InChI is InChI=1S/C12H15BI2O2/c1-11(2)12(3,4)17-13(16-11)8-5-9(14)7-10(15)6-8/h5-7H,1-4H3. The minimum absolute atomic E-state index is 0.261. The second-order valence-corrected chi connectivity index (χ2v) is 7.78. The lowest BCUT2D eigenvalue weighted by molar-refractivity contribution is 0.00578. The summed E-state index contributed by atoms with van der Waals surface area (Å²) in [7, 11) is -0.261. The molecule has 92 valence electrons. The van der Waals surface area contributed by atoms with E-state index in [4.69, 9.17) is 9.31 Å². The molecule has 0 unspecified atom stereocenters. The van der Waals surface area contributed by atoms with Crippen LogP contribution in [0.3, 0.4) is 0 Å². The maximum absolute atomic E-state index is 6.03. The Balaban J connectivity index is 2.32. The highest BCUT2D eigenvalue weighted by atomic mass is 127. The van der Waals surface area contributed by atoms with Crippen LogP contribution in [-0.2, 0) is 9.31 Å². The molecule has 1 fully saturated rings. The number of hydrogen-bond donors (Lipinski definition) is 0. The van der Waals surface area contributed by atoms with Gasteiger partial charge in [-0.25, -0.2) is 0 Å². The van der Waals surface area contributed by atoms with E-state index in [1.54, 1.807) is 0 Å². The van der Waals surface area contributed by atoms with Gasteiger partial charge in [0.05, 0.1) is 11.2 Å². The number of hydrogen-bond acceptors (Lipinski definition) is 2. The predicted octanol–water partition coefficient (Wildman–Crippen LogP) is 3.20. The molecule has 1 aliphatic rings. The first kappa shape index (κ1) is 14.1. The van der Waals surface area contributed by atoms with E-state index in [2.05, 4.69) is 91.1 Å². The molecule has 0 aliphatic carbocycles. The third kappa shape index (κ3) is 2.82. The van der Waals surface area contributed by atoms with Gasteiger partial charge in [0.1, 0.15) is 0 Å². The van der Waals surface area contributed by atoms with Crippen molar-refractivity contribution in [3.8, 4) is 0 Å². The van der Waals surface area contributed by atoms with Gasteiger partial charge in [-0.2, -0.15) is 0 Å². The molecular weight excluding hydrogens is 441 g/mol. The molecule has 0 saturated carbocycles. The lowest BCUT2D eigenvalue weighted by atomic mass is 9.79. The molecule has 0 atom stereocenters. The first-order chi connectivity index (χ1) is 7.71. The van der Waals surface area contributed by atoms with Gasteiger partial charge in [-0.3, -0.25) is 0 Å². The minimum atomic E-state index is -0.273. The van der Waals surface area contributed by atoms with Crippen LogP contribution in [0.2, 0.25) is 0 Å². The van der Waals surface area contributed by atoms with Gasteiger partial charge >= 0.3 is 7.12 Å². The molecular formula is C12H15BI2O2. The zero-order valence-corrected chi connectivity index (χ0v) is 14.7. The summed E-state index contributed by atoms with van der Waals surface area (Å²) in [5.41, 5.74) is 0.550. The maximum atomic E-state index is 6.03. The molecule has 1 aromatic carbocycles. The topological polar surface area (TPSA) is 18.5 Å². The Kier molecular flexibility index (Phi) is 3.85.